The number of urea groups is 1. The second kappa shape index (κ2) is 8.88. The van der Waals surface area contributed by atoms with Crippen molar-refractivity contribution in [3.05, 3.63) is 96.1 Å². The van der Waals surface area contributed by atoms with Crippen molar-refractivity contribution >= 4 is 23.3 Å². The Morgan fingerprint density at radius 1 is 0.857 bits per heavy atom. The zero-order chi connectivity index (χ0) is 24.6. The topological polar surface area (TPSA) is 52.7 Å². The van der Waals surface area contributed by atoms with E-state index < -0.39 is 5.41 Å². The summed E-state index contributed by atoms with van der Waals surface area (Å²) in [6, 6.07) is 28.1. The molecule has 3 aromatic carbocycles. The number of rotatable bonds is 3. The van der Waals surface area contributed by atoms with Gasteiger partial charge in [-0.15, -0.1) is 0 Å². The van der Waals surface area contributed by atoms with Crippen molar-refractivity contribution in [1.29, 1.82) is 0 Å². The zero-order valence-electron chi connectivity index (χ0n) is 20.7. The molecular weight excluding hydrogens is 434 g/mol. The maximum atomic E-state index is 13.6. The van der Waals surface area contributed by atoms with Crippen LogP contribution in [0, 0.1) is 5.41 Å². The standard InChI is InChI=1S/C30H33N3O2/c1-29(2,3)23-14-16-24(17-15-23)31-28(35)32-20-18-30(19-21-32)26(22-10-6-4-7-11-22)33(27(30)34)25-12-8-5-9-13-25/h4-17,26H,18-21H2,1-3H3,(H,31,35)/t26-/m1/s1. The van der Waals surface area contributed by atoms with Crippen LogP contribution < -0.4 is 10.2 Å². The van der Waals surface area contributed by atoms with Crippen molar-refractivity contribution in [2.24, 2.45) is 5.41 Å². The Labute approximate surface area is 207 Å². The molecule has 2 fully saturated rings. The van der Waals surface area contributed by atoms with Gasteiger partial charge in [0.15, 0.2) is 0 Å². The fourth-order valence-electron chi connectivity index (χ4n) is 5.47. The number of piperidine rings is 1. The minimum atomic E-state index is -0.470. The quantitative estimate of drug-likeness (QED) is 0.454. The Kier molecular flexibility index (Phi) is 5.87. The summed E-state index contributed by atoms with van der Waals surface area (Å²) in [4.78, 5) is 30.4. The molecule has 1 spiro atoms. The van der Waals surface area contributed by atoms with Gasteiger partial charge in [-0.25, -0.2) is 4.79 Å². The van der Waals surface area contributed by atoms with E-state index in [2.05, 4.69) is 50.4 Å². The highest BCUT2D eigenvalue weighted by Crippen LogP contribution is 2.57. The summed E-state index contributed by atoms with van der Waals surface area (Å²) >= 11 is 0. The van der Waals surface area contributed by atoms with Crippen LogP contribution in [0.2, 0.25) is 0 Å². The highest BCUT2D eigenvalue weighted by atomic mass is 16.2. The van der Waals surface area contributed by atoms with Gasteiger partial charge in [0.25, 0.3) is 0 Å². The second-order valence-corrected chi connectivity index (χ2v) is 10.7. The van der Waals surface area contributed by atoms with Gasteiger partial charge in [0.1, 0.15) is 0 Å². The van der Waals surface area contributed by atoms with Gasteiger partial charge in [-0.1, -0.05) is 81.4 Å². The van der Waals surface area contributed by atoms with Crippen molar-refractivity contribution in [3.8, 4) is 0 Å². The summed E-state index contributed by atoms with van der Waals surface area (Å²) < 4.78 is 0. The Hall–Kier alpha value is -3.60. The van der Waals surface area contributed by atoms with Gasteiger partial charge >= 0.3 is 6.03 Å². The molecule has 0 aliphatic carbocycles. The predicted molar refractivity (Wildman–Crippen MR) is 141 cm³/mol. The molecule has 1 atom stereocenters. The van der Waals surface area contributed by atoms with E-state index >= 15 is 0 Å². The van der Waals surface area contributed by atoms with Crippen molar-refractivity contribution < 1.29 is 9.59 Å². The van der Waals surface area contributed by atoms with E-state index in [1.807, 2.05) is 70.5 Å². The molecule has 0 unspecified atom stereocenters. The number of likely N-dealkylation sites (tertiary alicyclic amines) is 1. The molecule has 3 aromatic rings. The summed E-state index contributed by atoms with van der Waals surface area (Å²) in [6.07, 6.45) is 1.32. The molecule has 0 aromatic heterocycles. The number of benzene rings is 3. The molecular formula is C30H33N3O2. The van der Waals surface area contributed by atoms with Gasteiger partial charge in [-0.05, 0) is 53.6 Å². The minimum absolute atomic E-state index is 0.0197. The van der Waals surface area contributed by atoms with Crippen LogP contribution >= 0.6 is 0 Å². The van der Waals surface area contributed by atoms with Crippen LogP contribution in [0.3, 0.4) is 0 Å². The van der Waals surface area contributed by atoms with Crippen LogP contribution in [-0.2, 0) is 10.2 Å². The van der Waals surface area contributed by atoms with Gasteiger partial charge in [0.2, 0.25) is 5.91 Å². The normalized spacial score (nSPS) is 19.4. The molecule has 5 heteroatoms. The molecule has 3 amide bonds. The molecule has 0 bridgehead atoms. The van der Waals surface area contributed by atoms with Crippen molar-refractivity contribution in [2.75, 3.05) is 23.3 Å². The van der Waals surface area contributed by atoms with Crippen molar-refractivity contribution in [3.63, 3.8) is 0 Å². The van der Waals surface area contributed by atoms with Gasteiger partial charge < -0.3 is 15.1 Å². The van der Waals surface area contributed by atoms with Crippen LogP contribution in [0.25, 0.3) is 0 Å². The zero-order valence-corrected chi connectivity index (χ0v) is 20.7. The fraction of sp³-hybridized carbons (Fsp3) is 0.333. The first kappa shape index (κ1) is 23.2. The van der Waals surface area contributed by atoms with Crippen LogP contribution in [0.5, 0.6) is 0 Å². The molecule has 2 saturated heterocycles. The number of nitrogens with one attached hydrogen (secondary N) is 1. The molecule has 35 heavy (non-hydrogen) atoms. The maximum Gasteiger partial charge on any atom is 0.321 e. The smallest absolute Gasteiger partial charge is 0.321 e. The number of nitrogens with zero attached hydrogens (tertiary/aromatic N) is 2. The van der Waals surface area contributed by atoms with E-state index in [9.17, 15) is 9.59 Å². The van der Waals surface area contributed by atoms with Gasteiger partial charge in [-0.3, -0.25) is 4.79 Å². The molecule has 0 radical (unpaired) electrons. The SMILES string of the molecule is CC(C)(C)c1ccc(NC(=O)N2CCC3(CC2)C(=O)N(c2ccccc2)[C@@H]3c2ccccc2)cc1. The molecule has 0 saturated carbocycles. The number of hydrogen-bond acceptors (Lipinski definition) is 2. The third-order valence-electron chi connectivity index (χ3n) is 7.52. The predicted octanol–water partition coefficient (Wildman–Crippen LogP) is 6.39. The number of carbonyl (C=O) groups excluding carboxylic acids is 2. The van der Waals surface area contributed by atoms with E-state index in [4.69, 9.17) is 0 Å². The highest BCUT2D eigenvalue weighted by molar-refractivity contribution is 6.06. The number of carbonyl (C=O) groups is 2. The molecule has 5 rings (SSSR count). The van der Waals surface area contributed by atoms with Gasteiger partial charge in [0.05, 0.1) is 11.5 Å². The lowest BCUT2D eigenvalue weighted by Crippen LogP contribution is -2.67. The summed E-state index contributed by atoms with van der Waals surface area (Å²) in [6.45, 7) is 7.64. The lowest BCUT2D eigenvalue weighted by Gasteiger charge is -2.59. The van der Waals surface area contributed by atoms with E-state index in [0.29, 0.717) is 25.9 Å². The van der Waals surface area contributed by atoms with E-state index in [1.165, 1.54) is 5.56 Å². The van der Waals surface area contributed by atoms with E-state index in [1.54, 1.807) is 0 Å². The molecule has 2 heterocycles. The Morgan fingerprint density at radius 2 is 1.43 bits per heavy atom. The first-order valence-electron chi connectivity index (χ1n) is 12.4. The summed E-state index contributed by atoms with van der Waals surface area (Å²) in [5.41, 5.74) is 3.70. The molecule has 2 aliphatic heterocycles. The summed E-state index contributed by atoms with van der Waals surface area (Å²) in [5, 5.41) is 3.03. The third-order valence-corrected chi connectivity index (χ3v) is 7.52. The minimum Gasteiger partial charge on any atom is -0.324 e. The van der Waals surface area contributed by atoms with E-state index in [-0.39, 0.29) is 23.4 Å². The summed E-state index contributed by atoms with van der Waals surface area (Å²) in [7, 11) is 0. The largest absolute Gasteiger partial charge is 0.324 e. The first-order chi connectivity index (χ1) is 16.8. The third kappa shape index (κ3) is 4.20. The average molecular weight is 468 g/mol. The average Bonchev–Trinajstić information content (AvgIpc) is 2.87. The lowest BCUT2D eigenvalue weighted by atomic mass is 9.62. The number of anilines is 2. The molecule has 2 aliphatic rings. The first-order valence-corrected chi connectivity index (χ1v) is 12.4. The van der Waals surface area contributed by atoms with Crippen LogP contribution in [0.1, 0.15) is 50.8 Å². The lowest BCUT2D eigenvalue weighted by molar-refractivity contribution is -0.144. The molecule has 5 nitrogen and oxygen atoms in total. The van der Waals surface area contributed by atoms with E-state index in [0.717, 1.165) is 16.9 Å². The number of β-lactam (4-membered cyclic amide) rings is 1. The number of amides is 3. The molecule has 1 N–H and O–H groups in total. The monoisotopic (exact) mass is 467 g/mol. The Bertz CT molecular complexity index is 1190. The Morgan fingerprint density at radius 3 is 2.00 bits per heavy atom. The molecule has 180 valence electrons. The van der Waals surface area contributed by atoms with Crippen molar-refractivity contribution in [2.45, 2.75) is 45.1 Å². The number of hydrogen-bond donors (Lipinski definition) is 1. The summed E-state index contributed by atoms with van der Waals surface area (Å²) in [5.74, 6) is 0.162. The Balaban J connectivity index is 1.30. The van der Waals surface area contributed by atoms with Gasteiger partial charge in [-0.2, -0.15) is 0 Å². The van der Waals surface area contributed by atoms with Gasteiger partial charge in [0, 0.05) is 24.5 Å². The van der Waals surface area contributed by atoms with Crippen LogP contribution in [0.4, 0.5) is 16.2 Å². The maximum absolute atomic E-state index is 13.6. The van der Waals surface area contributed by atoms with Crippen LogP contribution in [-0.4, -0.2) is 29.9 Å². The number of para-hydroxylation sites is 1. The van der Waals surface area contributed by atoms with Crippen molar-refractivity contribution in [1.82, 2.24) is 4.90 Å². The highest BCUT2D eigenvalue weighted by Gasteiger charge is 2.62. The fourth-order valence-corrected chi connectivity index (χ4v) is 5.47. The second-order valence-electron chi connectivity index (χ2n) is 10.7. The van der Waals surface area contributed by atoms with Crippen LogP contribution in [0.15, 0.2) is 84.9 Å².